The first-order valence-electron chi connectivity index (χ1n) is 3.40. The second kappa shape index (κ2) is 4.48. The van der Waals surface area contributed by atoms with E-state index in [1.165, 1.54) is 20.8 Å². The summed E-state index contributed by atoms with van der Waals surface area (Å²) in [6, 6.07) is 0. The molecule has 0 fully saturated rings. The normalized spacial score (nSPS) is 11.6. The minimum atomic E-state index is -0.836. The molecule has 0 N–H and O–H groups in total. The zero-order chi connectivity index (χ0) is 9.72. The van der Waals surface area contributed by atoms with E-state index in [1.54, 1.807) is 0 Å². The number of carbonyl (C=O) groups excluding carboxylic acids is 3. The molecule has 0 saturated carbocycles. The molecule has 0 rings (SSSR count). The summed E-state index contributed by atoms with van der Waals surface area (Å²) in [6.07, 6.45) is -0.836. The van der Waals surface area contributed by atoms with Crippen LogP contribution in [0.5, 0.6) is 0 Å². The highest BCUT2D eigenvalue weighted by Gasteiger charge is 2.21. The average Bonchev–Trinajstić information content (AvgIpc) is 1.85. The largest absolute Gasteiger partial charge is 0.444 e. The van der Waals surface area contributed by atoms with Gasteiger partial charge in [0.25, 0.3) is 6.47 Å². The molecule has 1 unspecified atom stereocenters. The predicted octanol–water partition coefficient (Wildman–Crippen LogP) is -0.0996. The molecule has 0 spiro atoms. The summed E-state index contributed by atoms with van der Waals surface area (Å²) in [6.45, 7) is 4.10. The van der Waals surface area contributed by atoms with Gasteiger partial charge in [-0.3, -0.25) is 14.4 Å². The Balaban J connectivity index is 4.39. The van der Waals surface area contributed by atoms with Gasteiger partial charge in [-0.05, 0) is 6.92 Å². The van der Waals surface area contributed by atoms with Crippen LogP contribution in [0.25, 0.3) is 0 Å². The molecule has 0 aliphatic carbocycles. The van der Waals surface area contributed by atoms with Gasteiger partial charge in [0.1, 0.15) is 0 Å². The van der Waals surface area contributed by atoms with Crippen LogP contribution in [0.1, 0.15) is 20.8 Å². The molecule has 5 heteroatoms. The van der Waals surface area contributed by atoms with Crippen LogP contribution in [0.15, 0.2) is 0 Å². The van der Waals surface area contributed by atoms with Crippen LogP contribution in [-0.4, -0.2) is 29.4 Å². The summed E-state index contributed by atoms with van der Waals surface area (Å²) >= 11 is 0. The van der Waals surface area contributed by atoms with Crippen LogP contribution in [0.3, 0.4) is 0 Å². The number of imide groups is 1. The van der Waals surface area contributed by atoms with Gasteiger partial charge < -0.3 is 4.74 Å². The molecule has 0 heterocycles. The van der Waals surface area contributed by atoms with E-state index in [1.807, 2.05) is 0 Å². The van der Waals surface area contributed by atoms with E-state index in [-0.39, 0.29) is 6.47 Å². The Kier molecular flexibility index (Phi) is 3.96. The summed E-state index contributed by atoms with van der Waals surface area (Å²) < 4.78 is 4.43. The molecule has 12 heavy (non-hydrogen) atoms. The monoisotopic (exact) mass is 173 g/mol. The fourth-order valence-electron chi connectivity index (χ4n) is 0.875. The highest BCUT2D eigenvalue weighted by atomic mass is 16.5. The van der Waals surface area contributed by atoms with Crippen LogP contribution < -0.4 is 0 Å². The fourth-order valence-corrected chi connectivity index (χ4v) is 0.875. The molecule has 0 aromatic carbocycles. The average molecular weight is 173 g/mol. The first kappa shape index (κ1) is 10.6. The van der Waals surface area contributed by atoms with Crippen LogP contribution >= 0.6 is 0 Å². The van der Waals surface area contributed by atoms with E-state index in [2.05, 4.69) is 4.74 Å². The summed E-state index contributed by atoms with van der Waals surface area (Å²) in [5.74, 6) is -0.895. The summed E-state index contributed by atoms with van der Waals surface area (Å²) in [5, 5.41) is 0. The van der Waals surface area contributed by atoms with E-state index in [9.17, 15) is 14.4 Å². The van der Waals surface area contributed by atoms with Gasteiger partial charge in [0.05, 0.1) is 0 Å². The maximum Gasteiger partial charge on any atom is 0.295 e. The fraction of sp³-hybridized carbons (Fsp3) is 0.571. The molecule has 2 amide bonds. The van der Waals surface area contributed by atoms with Crippen LogP contribution in [0.2, 0.25) is 0 Å². The number of ether oxygens (including phenoxy) is 1. The van der Waals surface area contributed by atoms with Crippen molar-refractivity contribution in [1.82, 2.24) is 4.90 Å². The molecule has 0 aliphatic heterocycles. The second-order valence-corrected chi connectivity index (χ2v) is 2.24. The molecule has 0 aliphatic rings. The predicted molar refractivity (Wildman–Crippen MR) is 39.8 cm³/mol. The minimum absolute atomic E-state index is 0.198. The Labute approximate surface area is 70.3 Å². The molecule has 68 valence electrons. The Hall–Kier alpha value is -1.39. The number of nitrogens with zero attached hydrogens (tertiary/aromatic N) is 1. The van der Waals surface area contributed by atoms with Gasteiger partial charge >= 0.3 is 0 Å². The smallest absolute Gasteiger partial charge is 0.295 e. The molecule has 0 aromatic heterocycles. The lowest BCUT2D eigenvalue weighted by molar-refractivity contribution is -0.159. The van der Waals surface area contributed by atoms with Crippen LogP contribution in [-0.2, 0) is 19.1 Å². The van der Waals surface area contributed by atoms with E-state index in [0.29, 0.717) is 0 Å². The van der Waals surface area contributed by atoms with Crippen molar-refractivity contribution in [1.29, 1.82) is 0 Å². The van der Waals surface area contributed by atoms with Crippen molar-refractivity contribution in [3.05, 3.63) is 0 Å². The number of hydrogen-bond acceptors (Lipinski definition) is 4. The summed E-state index contributed by atoms with van der Waals surface area (Å²) in [7, 11) is 0. The highest BCUT2D eigenvalue weighted by Crippen LogP contribution is 2.00. The third kappa shape index (κ3) is 2.69. The van der Waals surface area contributed by atoms with E-state index in [4.69, 9.17) is 0 Å². The summed E-state index contributed by atoms with van der Waals surface area (Å²) in [4.78, 5) is 32.4. The van der Waals surface area contributed by atoms with Gasteiger partial charge in [-0.1, -0.05) is 0 Å². The number of carbonyl (C=O) groups is 3. The third-order valence-electron chi connectivity index (χ3n) is 1.29. The lowest BCUT2D eigenvalue weighted by Crippen LogP contribution is -2.41. The third-order valence-corrected chi connectivity index (χ3v) is 1.29. The quantitative estimate of drug-likeness (QED) is 0.441. The zero-order valence-electron chi connectivity index (χ0n) is 7.23. The number of amides is 2. The first-order valence-corrected chi connectivity index (χ1v) is 3.40. The van der Waals surface area contributed by atoms with Gasteiger partial charge in [0.2, 0.25) is 11.8 Å². The van der Waals surface area contributed by atoms with E-state index < -0.39 is 18.0 Å². The Bertz CT molecular complexity index is 188. The lowest BCUT2D eigenvalue weighted by Gasteiger charge is -2.22. The molecular weight excluding hydrogens is 162 g/mol. The Morgan fingerprint density at radius 1 is 1.33 bits per heavy atom. The zero-order valence-corrected chi connectivity index (χ0v) is 7.23. The van der Waals surface area contributed by atoms with Crippen molar-refractivity contribution < 1.29 is 19.1 Å². The van der Waals surface area contributed by atoms with Gasteiger partial charge in [-0.2, -0.15) is 0 Å². The van der Waals surface area contributed by atoms with E-state index >= 15 is 0 Å². The number of rotatable bonds is 3. The van der Waals surface area contributed by atoms with Crippen molar-refractivity contribution in [3.8, 4) is 0 Å². The molecule has 0 aromatic rings. The molecule has 0 saturated heterocycles. The van der Waals surface area contributed by atoms with Gasteiger partial charge in [0, 0.05) is 13.8 Å². The molecular formula is C7H11NO4. The van der Waals surface area contributed by atoms with E-state index in [0.717, 1.165) is 4.90 Å². The SMILES string of the molecule is CC(=O)N(C(C)=O)C(C)OC=O. The molecule has 0 bridgehead atoms. The van der Waals surface area contributed by atoms with Crippen molar-refractivity contribution in [2.45, 2.75) is 27.0 Å². The van der Waals surface area contributed by atoms with Gasteiger partial charge in [0.15, 0.2) is 6.23 Å². The van der Waals surface area contributed by atoms with Crippen LogP contribution in [0.4, 0.5) is 0 Å². The van der Waals surface area contributed by atoms with Crippen LogP contribution in [0, 0.1) is 0 Å². The van der Waals surface area contributed by atoms with Gasteiger partial charge in [-0.25, -0.2) is 4.90 Å². The highest BCUT2D eigenvalue weighted by molar-refractivity contribution is 5.93. The van der Waals surface area contributed by atoms with Crippen molar-refractivity contribution in [2.24, 2.45) is 0 Å². The molecule has 0 radical (unpaired) electrons. The van der Waals surface area contributed by atoms with Gasteiger partial charge in [-0.15, -0.1) is 0 Å². The topological polar surface area (TPSA) is 63.7 Å². The first-order chi connectivity index (χ1) is 5.50. The standard InChI is InChI=1S/C7H11NO4/c1-5(10)8(6(2)11)7(3)12-4-9/h4,7H,1-3H3. The molecule has 1 atom stereocenters. The van der Waals surface area contributed by atoms with Crippen molar-refractivity contribution in [3.63, 3.8) is 0 Å². The number of hydrogen-bond donors (Lipinski definition) is 0. The molecule has 5 nitrogen and oxygen atoms in total. The Morgan fingerprint density at radius 2 is 1.75 bits per heavy atom. The minimum Gasteiger partial charge on any atom is -0.444 e. The van der Waals surface area contributed by atoms with Crippen molar-refractivity contribution >= 4 is 18.3 Å². The Morgan fingerprint density at radius 3 is 2.00 bits per heavy atom. The maximum absolute atomic E-state index is 10.8. The second-order valence-electron chi connectivity index (χ2n) is 2.24. The van der Waals surface area contributed by atoms with Crippen molar-refractivity contribution in [2.75, 3.05) is 0 Å². The lowest BCUT2D eigenvalue weighted by atomic mass is 10.4. The summed E-state index contributed by atoms with van der Waals surface area (Å²) in [5.41, 5.74) is 0. The maximum atomic E-state index is 10.8.